The van der Waals surface area contributed by atoms with E-state index in [0.717, 1.165) is 5.56 Å². The Balaban J connectivity index is 2.94. The molecule has 1 radical (unpaired) electrons. The van der Waals surface area contributed by atoms with Crippen molar-refractivity contribution in [3.8, 4) is 5.75 Å². The van der Waals surface area contributed by atoms with Crippen LogP contribution >= 0.6 is 11.6 Å². The predicted octanol–water partition coefficient (Wildman–Crippen LogP) is 3.65. The summed E-state index contributed by atoms with van der Waals surface area (Å²) in [5, 5.41) is 0.568. The molecule has 0 aliphatic carbocycles. The molecule has 0 aliphatic heterocycles. The maximum atomic E-state index is 12.4. The van der Waals surface area contributed by atoms with Crippen LogP contribution in [-0.2, 0) is 0 Å². The van der Waals surface area contributed by atoms with Gasteiger partial charge in [-0.2, -0.15) is 0 Å². The van der Waals surface area contributed by atoms with Crippen LogP contribution in [0.2, 0.25) is 5.02 Å². The quantitative estimate of drug-likeness (QED) is 0.745. The van der Waals surface area contributed by atoms with Crippen LogP contribution in [0.25, 0.3) is 0 Å². The van der Waals surface area contributed by atoms with Crippen molar-refractivity contribution >= 4 is 11.6 Å². The fourth-order valence-corrected chi connectivity index (χ4v) is 1.36. The van der Waals surface area contributed by atoms with E-state index >= 15 is 0 Å². The molecule has 0 N–H and O–H groups in total. The monoisotopic (exact) mass is 215 g/mol. The highest BCUT2D eigenvalue weighted by atomic mass is 35.5. The Morgan fingerprint density at radius 3 is 2.71 bits per heavy atom. The second kappa shape index (κ2) is 5.20. The Kier molecular flexibility index (Phi) is 4.21. The lowest BCUT2D eigenvalue weighted by atomic mass is 10.0. The van der Waals surface area contributed by atoms with Crippen LogP contribution in [0.15, 0.2) is 18.2 Å². The molecule has 0 aliphatic rings. The molecule has 0 fully saturated rings. The normalized spacial score (nSPS) is 10.6. The minimum Gasteiger partial charge on any atom is -0.494 e. The third-order valence-corrected chi connectivity index (χ3v) is 2.09. The number of ether oxygens (including phenoxy) is 1. The molecule has 1 rings (SSSR count). The van der Waals surface area contributed by atoms with Gasteiger partial charge in [0.15, 0.2) is 0 Å². The second-order valence-corrected chi connectivity index (χ2v) is 3.46. The molecule has 14 heavy (non-hydrogen) atoms. The van der Waals surface area contributed by atoms with Crippen molar-refractivity contribution in [3.63, 3.8) is 0 Å². The van der Waals surface area contributed by atoms with Crippen LogP contribution in [0.5, 0.6) is 5.75 Å². The van der Waals surface area contributed by atoms with Gasteiger partial charge in [0.2, 0.25) is 0 Å². The third kappa shape index (κ3) is 2.88. The van der Waals surface area contributed by atoms with Crippen LogP contribution in [0.1, 0.15) is 19.4 Å². The lowest BCUT2D eigenvalue weighted by Gasteiger charge is -2.10. The molecular weight excluding hydrogens is 203 g/mol. The van der Waals surface area contributed by atoms with E-state index in [4.69, 9.17) is 16.3 Å². The van der Waals surface area contributed by atoms with Gasteiger partial charge in [-0.1, -0.05) is 18.5 Å². The molecule has 0 saturated carbocycles. The topological polar surface area (TPSA) is 9.23 Å². The minimum absolute atomic E-state index is 0.466. The Labute approximate surface area is 88.8 Å². The molecule has 1 aromatic carbocycles. The Morgan fingerprint density at radius 2 is 2.14 bits per heavy atom. The van der Waals surface area contributed by atoms with Crippen LogP contribution < -0.4 is 4.74 Å². The van der Waals surface area contributed by atoms with Crippen LogP contribution in [0, 0.1) is 5.92 Å². The predicted molar refractivity (Wildman–Crippen MR) is 56.6 cm³/mol. The Bertz CT molecular complexity index is 301. The summed E-state index contributed by atoms with van der Waals surface area (Å²) < 4.78 is 17.7. The van der Waals surface area contributed by atoms with E-state index in [2.05, 4.69) is 0 Å². The van der Waals surface area contributed by atoms with E-state index < -0.39 is 6.67 Å². The van der Waals surface area contributed by atoms with Gasteiger partial charge in [-0.3, -0.25) is 4.39 Å². The summed E-state index contributed by atoms with van der Waals surface area (Å²) in [5.41, 5.74) is 0.795. The number of hydrogen-bond donors (Lipinski definition) is 0. The average molecular weight is 216 g/mol. The van der Waals surface area contributed by atoms with Crippen molar-refractivity contribution in [3.05, 3.63) is 34.7 Å². The maximum absolute atomic E-state index is 12.4. The first-order chi connectivity index (χ1) is 6.67. The summed E-state index contributed by atoms with van der Waals surface area (Å²) in [7, 11) is 0. The maximum Gasteiger partial charge on any atom is 0.121 e. The molecule has 0 saturated heterocycles. The molecule has 0 amide bonds. The van der Waals surface area contributed by atoms with Crippen LogP contribution in [-0.4, -0.2) is 13.3 Å². The number of hydrogen-bond acceptors (Lipinski definition) is 1. The van der Waals surface area contributed by atoms with Crippen molar-refractivity contribution in [1.82, 2.24) is 0 Å². The molecular formula is C11H13ClFO. The van der Waals surface area contributed by atoms with Gasteiger partial charge < -0.3 is 4.74 Å². The molecule has 0 bridgehead atoms. The first-order valence-corrected chi connectivity index (χ1v) is 4.87. The zero-order valence-corrected chi connectivity index (χ0v) is 9.07. The van der Waals surface area contributed by atoms with Crippen molar-refractivity contribution in [2.24, 2.45) is 0 Å². The summed E-state index contributed by atoms with van der Waals surface area (Å²) in [5.74, 6) is 1.34. The second-order valence-electron chi connectivity index (χ2n) is 3.02. The van der Waals surface area contributed by atoms with E-state index in [1.165, 1.54) is 0 Å². The number of benzene rings is 1. The summed E-state index contributed by atoms with van der Waals surface area (Å²) in [6.07, 6.45) is 0. The Morgan fingerprint density at radius 1 is 1.43 bits per heavy atom. The van der Waals surface area contributed by atoms with E-state index in [1.807, 2.05) is 6.92 Å². The van der Waals surface area contributed by atoms with Gasteiger partial charge in [0.1, 0.15) is 5.75 Å². The zero-order valence-electron chi connectivity index (χ0n) is 8.31. The van der Waals surface area contributed by atoms with Gasteiger partial charge in [0.25, 0.3) is 0 Å². The van der Waals surface area contributed by atoms with Crippen molar-refractivity contribution in [2.75, 3.05) is 13.3 Å². The largest absolute Gasteiger partial charge is 0.494 e. The molecule has 0 aromatic heterocycles. The van der Waals surface area contributed by atoms with E-state index in [0.29, 0.717) is 23.3 Å². The van der Waals surface area contributed by atoms with Gasteiger partial charge in [-0.05, 0) is 30.7 Å². The lowest BCUT2D eigenvalue weighted by molar-refractivity contribution is 0.340. The third-order valence-electron chi connectivity index (χ3n) is 1.88. The summed E-state index contributed by atoms with van der Waals surface area (Å²) in [6.45, 7) is 3.74. The van der Waals surface area contributed by atoms with Crippen molar-refractivity contribution < 1.29 is 9.13 Å². The summed E-state index contributed by atoms with van der Waals surface area (Å²) in [6, 6.07) is 5.25. The van der Waals surface area contributed by atoms with Crippen LogP contribution in [0.4, 0.5) is 4.39 Å². The van der Waals surface area contributed by atoms with E-state index in [9.17, 15) is 4.39 Å². The molecule has 77 valence electrons. The SMILES string of the molecule is CCOc1cc(Cl)cc([C](C)CF)c1. The van der Waals surface area contributed by atoms with Crippen molar-refractivity contribution in [1.29, 1.82) is 0 Å². The first-order valence-electron chi connectivity index (χ1n) is 4.49. The number of halogens is 2. The first kappa shape index (κ1) is 11.3. The fraction of sp³-hybridized carbons (Fsp3) is 0.364. The van der Waals surface area contributed by atoms with Gasteiger partial charge in [-0.25, -0.2) is 0 Å². The smallest absolute Gasteiger partial charge is 0.121 e. The standard InChI is InChI=1S/C11H13ClFO/c1-3-14-11-5-9(8(2)7-13)4-10(12)6-11/h4-6H,3,7H2,1-2H3. The summed E-state index contributed by atoms with van der Waals surface area (Å²) in [4.78, 5) is 0. The van der Waals surface area contributed by atoms with Gasteiger partial charge in [-0.15, -0.1) is 0 Å². The number of rotatable bonds is 4. The molecule has 1 aromatic rings. The molecule has 0 heterocycles. The average Bonchev–Trinajstić information content (AvgIpc) is 2.16. The Hall–Kier alpha value is -0.760. The zero-order chi connectivity index (χ0) is 10.6. The van der Waals surface area contributed by atoms with E-state index in [1.54, 1.807) is 25.1 Å². The van der Waals surface area contributed by atoms with Gasteiger partial charge in [0.05, 0.1) is 13.3 Å². The fourth-order valence-electron chi connectivity index (χ4n) is 1.14. The number of alkyl halides is 1. The van der Waals surface area contributed by atoms with Gasteiger partial charge >= 0.3 is 0 Å². The molecule has 0 atom stereocenters. The molecule has 1 nitrogen and oxygen atoms in total. The van der Waals surface area contributed by atoms with Crippen molar-refractivity contribution in [2.45, 2.75) is 13.8 Å². The lowest BCUT2D eigenvalue weighted by Crippen LogP contribution is -1.98. The van der Waals surface area contributed by atoms with E-state index in [-0.39, 0.29) is 0 Å². The summed E-state index contributed by atoms with van der Waals surface area (Å²) >= 11 is 5.87. The highest BCUT2D eigenvalue weighted by Crippen LogP contribution is 2.25. The van der Waals surface area contributed by atoms with Crippen LogP contribution in [0.3, 0.4) is 0 Å². The van der Waals surface area contributed by atoms with Gasteiger partial charge in [0, 0.05) is 10.9 Å². The molecule has 3 heteroatoms. The minimum atomic E-state index is -0.466. The molecule has 0 unspecified atom stereocenters. The molecule has 0 spiro atoms. The highest BCUT2D eigenvalue weighted by Gasteiger charge is 2.08. The highest BCUT2D eigenvalue weighted by molar-refractivity contribution is 6.30.